The Morgan fingerprint density at radius 2 is 1.96 bits per heavy atom. The molecule has 1 saturated heterocycles. The van der Waals surface area contributed by atoms with Gasteiger partial charge >= 0.3 is 6.03 Å². The molecule has 150 valence electrons. The monoisotopic (exact) mass is 385 g/mol. The first kappa shape index (κ1) is 19.8. The maximum absolute atomic E-state index is 12.4. The molecular formula is C19H27N7O2. The second-order valence-corrected chi connectivity index (χ2v) is 7.62. The van der Waals surface area contributed by atoms with Crippen LogP contribution < -0.4 is 21.3 Å². The summed E-state index contributed by atoms with van der Waals surface area (Å²) in [5, 5.41) is 20.0. The largest absolute Gasteiger partial charge is 0.358 e. The standard InChI is InChI=1S/C19H27N7O2/c1-12-5-7-13(8-6-12)22-18(28)23-19(2,3)16-11-26(25-24-16)14-9-15(21-10-14)17(27)20-4/h5-8,11,14-15,21H,9-10H2,1-4H3,(H,20,27)(H2,22,23,28)/t14-,15-/m0/s1. The van der Waals surface area contributed by atoms with Gasteiger partial charge in [0.05, 0.1) is 23.8 Å². The molecule has 1 aromatic heterocycles. The zero-order valence-electron chi connectivity index (χ0n) is 16.6. The quantitative estimate of drug-likeness (QED) is 0.620. The molecule has 2 heterocycles. The summed E-state index contributed by atoms with van der Waals surface area (Å²) in [7, 11) is 1.63. The number of anilines is 1. The highest BCUT2D eigenvalue weighted by atomic mass is 16.2. The van der Waals surface area contributed by atoms with Crippen LogP contribution in [0.1, 0.15) is 37.6 Å². The second kappa shape index (κ2) is 7.97. The normalized spacial score (nSPS) is 19.3. The van der Waals surface area contributed by atoms with Gasteiger partial charge in [0.15, 0.2) is 0 Å². The molecule has 1 aromatic carbocycles. The van der Waals surface area contributed by atoms with Crippen LogP contribution in [0.15, 0.2) is 30.5 Å². The summed E-state index contributed by atoms with van der Waals surface area (Å²) in [5.74, 6) is -0.0300. The first-order valence-electron chi connectivity index (χ1n) is 9.31. The van der Waals surface area contributed by atoms with E-state index < -0.39 is 5.54 Å². The Kier molecular flexibility index (Phi) is 5.64. The Labute approximate surface area is 164 Å². The molecule has 2 aromatic rings. The molecule has 3 amide bonds. The number of aromatic nitrogens is 3. The van der Waals surface area contributed by atoms with Gasteiger partial charge in [0.1, 0.15) is 5.69 Å². The third-order valence-corrected chi connectivity index (χ3v) is 4.93. The molecule has 0 spiro atoms. The lowest BCUT2D eigenvalue weighted by Crippen LogP contribution is -2.43. The number of carbonyl (C=O) groups is 2. The third-order valence-electron chi connectivity index (χ3n) is 4.93. The van der Waals surface area contributed by atoms with Gasteiger partial charge in [0.25, 0.3) is 0 Å². The number of rotatable bonds is 5. The average Bonchev–Trinajstić information content (AvgIpc) is 3.32. The number of hydrogen-bond donors (Lipinski definition) is 4. The molecular weight excluding hydrogens is 358 g/mol. The summed E-state index contributed by atoms with van der Waals surface area (Å²) in [6.45, 7) is 6.38. The number of likely N-dealkylation sites (N-methyl/N-ethyl adjacent to an activating group) is 1. The van der Waals surface area contributed by atoms with Crippen molar-refractivity contribution in [3.8, 4) is 0 Å². The third kappa shape index (κ3) is 4.48. The number of nitrogens with zero attached hydrogens (tertiary/aromatic N) is 3. The van der Waals surface area contributed by atoms with Crippen molar-refractivity contribution in [3.63, 3.8) is 0 Å². The minimum atomic E-state index is -0.709. The van der Waals surface area contributed by atoms with E-state index in [4.69, 9.17) is 0 Å². The molecule has 9 nitrogen and oxygen atoms in total. The van der Waals surface area contributed by atoms with Crippen LogP contribution in [0.5, 0.6) is 0 Å². The predicted molar refractivity (Wildman–Crippen MR) is 106 cm³/mol. The molecule has 0 aliphatic carbocycles. The van der Waals surface area contributed by atoms with Crippen molar-refractivity contribution in [1.82, 2.24) is 30.9 Å². The molecule has 2 atom stereocenters. The van der Waals surface area contributed by atoms with Crippen LogP contribution in [0.2, 0.25) is 0 Å². The van der Waals surface area contributed by atoms with E-state index in [0.29, 0.717) is 18.7 Å². The molecule has 0 unspecified atom stereocenters. The van der Waals surface area contributed by atoms with Gasteiger partial charge in [-0.05, 0) is 39.3 Å². The van der Waals surface area contributed by atoms with E-state index in [9.17, 15) is 9.59 Å². The number of benzene rings is 1. The van der Waals surface area contributed by atoms with E-state index in [0.717, 1.165) is 11.3 Å². The molecule has 28 heavy (non-hydrogen) atoms. The topological polar surface area (TPSA) is 113 Å². The van der Waals surface area contributed by atoms with Crippen molar-refractivity contribution in [2.45, 2.75) is 44.8 Å². The Balaban J connectivity index is 1.62. The Morgan fingerprint density at radius 3 is 2.64 bits per heavy atom. The lowest BCUT2D eigenvalue weighted by Gasteiger charge is -2.24. The zero-order valence-corrected chi connectivity index (χ0v) is 16.6. The van der Waals surface area contributed by atoms with E-state index in [1.807, 2.05) is 51.2 Å². The van der Waals surface area contributed by atoms with Crippen LogP contribution in [-0.2, 0) is 10.3 Å². The van der Waals surface area contributed by atoms with Crippen molar-refractivity contribution in [1.29, 1.82) is 0 Å². The first-order valence-corrected chi connectivity index (χ1v) is 9.31. The number of urea groups is 1. The van der Waals surface area contributed by atoms with Crippen molar-refractivity contribution >= 4 is 17.6 Å². The van der Waals surface area contributed by atoms with Crippen LogP contribution in [-0.4, -0.2) is 46.6 Å². The lowest BCUT2D eigenvalue weighted by atomic mass is 10.0. The molecule has 0 bridgehead atoms. The maximum Gasteiger partial charge on any atom is 0.319 e. The number of carbonyl (C=O) groups excluding carboxylic acids is 2. The summed E-state index contributed by atoms with van der Waals surface area (Å²) in [6.07, 6.45) is 2.47. The number of aryl methyl sites for hydroxylation is 1. The summed E-state index contributed by atoms with van der Waals surface area (Å²) in [6, 6.07) is 7.09. The van der Waals surface area contributed by atoms with E-state index >= 15 is 0 Å². The Bertz CT molecular complexity index is 844. The predicted octanol–water partition coefficient (Wildman–Crippen LogP) is 1.29. The van der Waals surface area contributed by atoms with Crippen molar-refractivity contribution < 1.29 is 9.59 Å². The highest BCUT2D eigenvalue weighted by molar-refractivity contribution is 5.89. The van der Waals surface area contributed by atoms with Gasteiger partial charge in [0, 0.05) is 19.3 Å². The van der Waals surface area contributed by atoms with Gasteiger partial charge in [-0.25, -0.2) is 9.48 Å². The van der Waals surface area contributed by atoms with Gasteiger partial charge in [-0.1, -0.05) is 22.9 Å². The molecule has 0 radical (unpaired) electrons. The molecule has 9 heteroatoms. The minimum absolute atomic E-state index is 0.0300. The van der Waals surface area contributed by atoms with Gasteiger partial charge < -0.3 is 21.3 Å². The second-order valence-electron chi connectivity index (χ2n) is 7.62. The SMILES string of the molecule is CNC(=O)[C@@H]1C[C@H](n2cc(C(C)(C)NC(=O)Nc3ccc(C)cc3)nn2)CN1. The van der Waals surface area contributed by atoms with Crippen molar-refractivity contribution in [3.05, 3.63) is 41.7 Å². The number of hydrogen-bond acceptors (Lipinski definition) is 5. The van der Waals surface area contributed by atoms with Gasteiger partial charge in [0.2, 0.25) is 5.91 Å². The lowest BCUT2D eigenvalue weighted by molar-refractivity contribution is -0.122. The molecule has 3 rings (SSSR count). The summed E-state index contributed by atoms with van der Waals surface area (Å²) in [5.41, 5.74) is 1.79. The molecule has 1 aliphatic heterocycles. The van der Waals surface area contributed by atoms with Crippen LogP contribution in [0.25, 0.3) is 0 Å². The molecule has 0 saturated carbocycles. The maximum atomic E-state index is 12.4. The average molecular weight is 385 g/mol. The summed E-state index contributed by atoms with van der Waals surface area (Å²) >= 11 is 0. The molecule has 1 aliphatic rings. The molecule has 4 N–H and O–H groups in total. The number of nitrogens with one attached hydrogen (secondary N) is 4. The summed E-state index contributed by atoms with van der Waals surface area (Å²) in [4.78, 5) is 24.1. The fraction of sp³-hybridized carbons (Fsp3) is 0.474. The van der Waals surface area contributed by atoms with Crippen LogP contribution >= 0.6 is 0 Å². The van der Waals surface area contributed by atoms with E-state index in [1.54, 1.807) is 11.7 Å². The van der Waals surface area contributed by atoms with Crippen LogP contribution in [0.3, 0.4) is 0 Å². The fourth-order valence-corrected chi connectivity index (χ4v) is 3.18. The van der Waals surface area contributed by atoms with E-state index in [1.165, 1.54) is 0 Å². The minimum Gasteiger partial charge on any atom is -0.358 e. The fourth-order valence-electron chi connectivity index (χ4n) is 3.18. The highest BCUT2D eigenvalue weighted by Crippen LogP contribution is 2.23. The molecule has 1 fully saturated rings. The van der Waals surface area contributed by atoms with E-state index in [-0.39, 0.29) is 24.0 Å². The summed E-state index contributed by atoms with van der Waals surface area (Å²) < 4.78 is 1.76. The van der Waals surface area contributed by atoms with Gasteiger partial charge in [-0.15, -0.1) is 5.10 Å². The number of amides is 3. The Hall–Kier alpha value is -2.94. The van der Waals surface area contributed by atoms with Crippen LogP contribution in [0, 0.1) is 6.92 Å². The smallest absolute Gasteiger partial charge is 0.319 e. The van der Waals surface area contributed by atoms with E-state index in [2.05, 4.69) is 31.6 Å². The van der Waals surface area contributed by atoms with Crippen LogP contribution in [0.4, 0.5) is 10.5 Å². The highest BCUT2D eigenvalue weighted by Gasteiger charge is 2.32. The van der Waals surface area contributed by atoms with Gasteiger partial charge in [-0.3, -0.25) is 4.79 Å². The van der Waals surface area contributed by atoms with Gasteiger partial charge in [-0.2, -0.15) is 0 Å². The first-order chi connectivity index (χ1) is 13.3. The Morgan fingerprint density at radius 1 is 1.25 bits per heavy atom. The van der Waals surface area contributed by atoms with Crippen molar-refractivity contribution in [2.24, 2.45) is 0 Å². The zero-order chi connectivity index (χ0) is 20.3. The van der Waals surface area contributed by atoms with Crippen molar-refractivity contribution in [2.75, 3.05) is 18.9 Å².